The molecule has 7 heteroatoms. The Bertz CT molecular complexity index is 778. The summed E-state index contributed by atoms with van der Waals surface area (Å²) >= 11 is 6.09. The maximum atomic E-state index is 12.9. The second-order valence-electron chi connectivity index (χ2n) is 4.64. The Morgan fingerprint density at radius 2 is 1.65 bits per heavy atom. The van der Waals surface area contributed by atoms with Gasteiger partial charge in [-0.15, -0.1) is 0 Å². The van der Waals surface area contributed by atoms with Crippen LogP contribution in [-0.4, -0.2) is 29.2 Å². The van der Waals surface area contributed by atoms with Crippen molar-refractivity contribution in [1.82, 2.24) is 0 Å². The van der Waals surface area contributed by atoms with Gasteiger partial charge in [0.15, 0.2) is 0 Å². The monoisotopic (exact) mass is 355 g/mol. The second-order valence-corrected chi connectivity index (χ2v) is 6.91. The van der Waals surface area contributed by atoms with Crippen LogP contribution in [0, 0.1) is 0 Å². The van der Waals surface area contributed by atoms with Crippen LogP contribution in [0.1, 0.15) is 6.92 Å². The van der Waals surface area contributed by atoms with E-state index < -0.39 is 10.0 Å². The van der Waals surface area contributed by atoms with Gasteiger partial charge in [0, 0.05) is 18.7 Å². The summed E-state index contributed by atoms with van der Waals surface area (Å²) in [6.45, 7) is 1.99. The lowest BCUT2D eigenvalue weighted by Crippen LogP contribution is -2.31. The highest BCUT2D eigenvalue weighted by Gasteiger charge is 2.27. The number of hydrogen-bond acceptors (Lipinski definition) is 4. The third kappa shape index (κ3) is 3.38. The number of benzene rings is 2. The van der Waals surface area contributed by atoms with Crippen molar-refractivity contribution in [3.63, 3.8) is 0 Å². The molecule has 0 N–H and O–H groups in total. The molecule has 2 aromatic rings. The van der Waals surface area contributed by atoms with E-state index in [0.29, 0.717) is 22.2 Å². The minimum atomic E-state index is -3.72. The number of sulfonamides is 1. The van der Waals surface area contributed by atoms with E-state index in [0.717, 1.165) is 0 Å². The molecule has 2 rings (SSSR count). The Morgan fingerprint density at radius 1 is 1.04 bits per heavy atom. The average Bonchev–Trinajstić information content (AvgIpc) is 2.57. The quantitative estimate of drug-likeness (QED) is 0.794. The lowest BCUT2D eigenvalue weighted by atomic mass is 10.2. The molecule has 5 nitrogen and oxygen atoms in total. The Balaban J connectivity index is 2.62. The molecule has 0 amide bonds. The molecule has 0 aliphatic heterocycles. The van der Waals surface area contributed by atoms with E-state index >= 15 is 0 Å². The van der Waals surface area contributed by atoms with Crippen LogP contribution in [0.2, 0.25) is 5.02 Å². The summed E-state index contributed by atoms with van der Waals surface area (Å²) < 4.78 is 37.6. The first-order valence-corrected chi connectivity index (χ1v) is 8.76. The summed E-state index contributed by atoms with van der Waals surface area (Å²) in [6.07, 6.45) is 0. The molecule has 0 spiro atoms. The summed E-state index contributed by atoms with van der Waals surface area (Å²) in [5.74, 6) is 0.737. The van der Waals surface area contributed by atoms with Crippen LogP contribution in [0.25, 0.3) is 0 Å². The first-order valence-electron chi connectivity index (χ1n) is 6.95. The molecule has 23 heavy (non-hydrogen) atoms. The Kier molecular flexibility index (Phi) is 5.38. The lowest BCUT2D eigenvalue weighted by molar-refractivity contribution is 0.404. The van der Waals surface area contributed by atoms with Crippen LogP contribution < -0.4 is 13.8 Å². The fourth-order valence-electron chi connectivity index (χ4n) is 2.23. The number of methoxy groups -OCH3 is 2. The maximum absolute atomic E-state index is 12.9. The first kappa shape index (κ1) is 17.4. The van der Waals surface area contributed by atoms with Gasteiger partial charge in [0.2, 0.25) is 0 Å². The molecule has 0 bridgehead atoms. The number of anilines is 1. The predicted octanol–water partition coefficient (Wildman–Crippen LogP) is 3.57. The Labute approximate surface area is 141 Å². The van der Waals surface area contributed by atoms with E-state index in [1.807, 2.05) is 0 Å². The van der Waals surface area contributed by atoms with E-state index in [1.54, 1.807) is 49.4 Å². The predicted molar refractivity (Wildman–Crippen MR) is 91.2 cm³/mol. The van der Waals surface area contributed by atoms with Crippen molar-refractivity contribution in [2.75, 3.05) is 25.1 Å². The van der Waals surface area contributed by atoms with E-state index in [9.17, 15) is 8.42 Å². The van der Waals surface area contributed by atoms with Gasteiger partial charge in [-0.3, -0.25) is 4.31 Å². The molecule has 0 saturated heterocycles. The van der Waals surface area contributed by atoms with Gasteiger partial charge in [0.1, 0.15) is 11.5 Å². The second kappa shape index (κ2) is 7.10. The molecule has 0 atom stereocenters. The summed E-state index contributed by atoms with van der Waals surface area (Å²) in [5, 5.41) is 0.348. The molecule has 0 radical (unpaired) electrons. The topological polar surface area (TPSA) is 55.8 Å². The molecule has 0 heterocycles. The van der Waals surface area contributed by atoms with Crippen LogP contribution in [0.15, 0.2) is 47.4 Å². The van der Waals surface area contributed by atoms with Gasteiger partial charge in [-0.2, -0.15) is 0 Å². The summed E-state index contributed by atoms with van der Waals surface area (Å²) in [4.78, 5) is 0.206. The van der Waals surface area contributed by atoms with Crippen molar-refractivity contribution in [3.8, 4) is 11.5 Å². The molecular formula is C16H18ClNO4S. The zero-order valence-electron chi connectivity index (χ0n) is 13.1. The van der Waals surface area contributed by atoms with Gasteiger partial charge in [-0.25, -0.2) is 8.42 Å². The van der Waals surface area contributed by atoms with E-state index in [2.05, 4.69) is 0 Å². The molecular weight excluding hydrogens is 338 g/mol. The van der Waals surface area contributed by atoms with Crippen molar-refractivity contribution in [1.29, 1.82) is 0 Å². The largest absolute Gasteiger partial charge is 0.495 e. The zero-order valence-corrected chi connectivity index (χ0v) is 14.7. The molecule has 124 valence electrons. The normalized spacial score (nSPS) is 11.1. The minimum absolute atomic E-state index is 0.206. The van der Waals surface area contributed by atoms with Crippen LogP contribution in [0.4, 0.5) is 5.69 Å². The van der Waals surface area contributed by atoms with E-state index in [1.165, 1.54) is 18.5 Å². The highest BCUT2D eigenvalue weighted by molar-refractivity contribution is 7.92. The summed E-state index contributed by atoms with van der Waals surface area (Å²) in [5.41, 5.74) is 0.375. The summed E-state index contributed by atoms with van der Waals surface area (Å²) in [7, 11) is -0.785. The van der Waals surface area contributed by atoms with Crippen molar-refractivity contribution >= 4 is 27.3 Å². The van der Waals surface area contributed by atoms with Gasteiger partial charge < -0.3 is 9.47 Å². The lowest BCUT2D eigenvalue weighted by Gasteiger charge is -2.25. The van der Waals surface area contributed by atoms with Crippen molar-refractivity contribution in [3.05, 3.63) is 47.5 Å². The van der Waals surface area contributed by atoms with E-state index in [4.69, 9.17) is 21.1 Å². The molecule has 0 aliphatic carbocycles. The number of rotatable bonds is 6. The van der Waals surface area contributed by atoms with Crippen molar-refractivity contribution in [2.45, 2.75) is 11.8 Å². The van der Waals surface area contributed by atoms with Crippen LogP contribution in [0.3, 0.4) is 0 Å². The summed E-state index contributed by atoms with van der Waals surface area (Å²) in [6, 6.07) is 11.3. The van der Waals surface area contributed by atoms with Crippen LogP contribution in [-0.2, 0) is 10.0 Å². The SMILES string of the molecule is CCN(c1cc(OC)c(Cl)cc1OC)S(=O)(=O)c1ccccc1. The van der Waals surface area contributed by atoms with E-state index in [-0.39, 0.29) is 11.4 Å². The zero-order chi connectivity index (χ0) is 17.0. The third-order valence-corrected chi connectivity index (χ3v) is 5.54. The van der Waals surface area contributed by atoms with Crippen LogP contribution >= 0.6 is 11.6 Å². The van der Waals surface area contributed by atoms with Gasteiger partial charge in [0.25, 0.3) is 10.0 Å². The van der Waals surface area contributed by atoms with Gasteiger partial charge in [-0.05, 0) is 19.1 Å². The average molecular weight is 356 g/mol. The fraction of sp³-hybridized carbons (Fsp3) is 0.250. The number of nitrogens with zero attached hydrogens (tertiary/aromatic N) is 1. The minimum Gasteiger partial charge on any atom is -0.495 e. The fourth-order valence-corrected chi connectivity index (χ4v) is 3.96. The molecule has 0 saturated carbocycles. The standard InChI is InChI=1S/C16H18ClNO4S/c1-4-18(23(19,20)12-8-6-5-7-9-12)14-11-15(21-2)13(17)10-16(14)22-3/h5-11H,4H2,1-3H3. The Hall–Kier alpha value is -1.92. The third-order valence-electron chi connectivity index (χ3n) is 3.34. The number of halogens is 1. The molecule has 0 aliphatic rings. The van der Waals surface area contributed by atoms with Crippen molar-refractivity contribution < 1.29 is 17.9 Å². The van der Waals surface area contributed by atoms with Crippen molar-refractivity contribution in [2.24, 2.45) is 0 Å². The number of hydrogen-bond donors (Lipinski definition) is 0. The van der Waals surface area contributed by atoms with Gasteiger partial charge in [0.05, 0.1) is 29.8 Å². The highest BCUT2D eigenvalue weighted by Crippen LogP contribution is 2.39. The van der Waals surface area contributed by atoms with Gasteiger partial charge in [-0.1, -0.05) is 29.8 Å². The van der Waals surface area contributed by atoms with Crippen LogP contribution in [0.5, 0.6) is 11.5 Å². The molecule has 2 aromatic carbocycles. The molecule has 0 fully saturated rings. The molecule has 0 aromatic heterocycles. The Morgan fingerprint density at radius 3 is 2.17 bits per heavy atom. The number of ether oxygens (including phenoxy) is 2. The first-order chi connectivity index (χ1) is 11.0. The molecule has 0 unspecified atom stereocenters. The smallest absolute Gasteiger partial charge is 0.264 e. The maximum Gasteiger partial charge on any atom is 0.264 e. The van der Waals surface area contributed by atoms with Gasteiger partial charge >= 0.3 is 0 Å². The highest BCUT2D eigenvalue weighted by atomic mass is 35.5.